The number of nitrogens with two attached hydrogens (primary N) is 1. The second-order valence-electron chi connectivity index (χ2n) is 8.16. The highest BCUT2D eigenvalue weighted by Gasteiger charge is 2.23. The summed E-state index contributed by atoms with van der Waals surface area (Å²) >= 11 is 3.54. The maximum Gasteiger partial charge on any atom is 0.142 e. The minimum atomic E-state index is 0.337. The van der Waals surface area contributed by atoms with Gasteiger partial charge in [-0.2, -0.15) is 5.26 Å². The van der Waals surface area contributed by atoms with Crippen molar-refractivity contribution in [2.24, 2.45) is 0 Å². The minimum absolute atomic E-state index is 0.337. The molecule has 1 aliphatic carbocycles. The van der Waals surface area contributed by atoms with Gasteiger partial charge in [0.05, 0.1) is 4.47 Å². The number of aromatic nitrogens is 1. The van der Waals surface area contributed by atoms with E-state index < -0.39 is 0 Å². The number of nitrogens with zero attached hydrogens (tertiary/aromatic N) is 2. The number of ether oxygens (including phenoxy) is 1. The molecule has 4 nitrogen and oxygen atoms in total. The molecule has 0 radical (unpaired) electrons. The largest absolute Gasteiger partial charge is 0.488 e. The summed E-state index contributed by atoms with van der Waals surface area (Å²) in [5, 5.41) is 9.93. The molecule has 2 N–H and O–H groups in total. The number of nitrogen functional groups attached to an aromatic ring is 1. The number of halogens is 1. The van der Waals surface area contributed by atoms with E-state index in [0.717, 1.165) is 63.9 Å². The summed E-state index contributed by atoms with van der Waals surface area (Å²) < 4.78 is 7.03. The number of fused-ring (bicyclic) bond motifs is 1. The molecule has 4 rings (SSSR count). The van der Waals surface area contributed by atoms with Crippen molar-refractivity contribution in [3.8, 4) is 22.9 Å². The Labute approximate surface area is 192 Å². The van der Waals surface area contributed by atoms with E-state index in [0.29, 0.717) is 18.0 Å². The van der Waals surface area contributed by atoms with Crippen LogP contribution in [0, 0.1) is 25.2 Å². The Morgan fingerprint density at radius 3 is 2.65 bits per heavy atom. The molecule has 1 heterocycles. The lowest BCUT2D eigenvalue weighted by Gasteiger charge is -2.19. The first-order chi connectivity index (χ1) is 15.0. The van der Waals surface area contributed by atoms with Crippen molar-refractivity contribution in [3.05, 3.63) is 74.4 Å². The third-order valence-corrected chi connectivity index (χ3v) is 6.69. The second-order valence-corrected chi connectivity index (χ2v) is 9.01. The van der Waals surface area contributed by atoms with E-state index in [1.807, 2.05) is 24.3 Å². The molecular formula is C26H26BrN3O. The van der Waals surface area contributed by atoms with Gasteiger partial charge in [0.1, 0.15) is 29.8 Å². The first-order valence-corrected chi connectivity index (χ1v) is 11.5. The van der Waals surface area contributed by atoms with Gasteiger partial charge in [0.25, 0.3) is 0 Å². The Bertz CT molecular complexity index is 1180. The molecular weight excluding hydrogens is 450 g/mol. The van der Waals surface area contributed by atoms with Crippen LogP contribution < -0.4 is 10.5 Å². The van der Waals surface area contributed by atoms with Gasteiger partial charge in [0, 0.05) is 11.3 Å². The van der Waals surface area contributed by atoms with Crippen molar-refractivity contribution in [1.29, 1.82) is 5.26 Å². The molecule has 2 aromatic carbocycles. The summed E-state index contributed by atoms with van der Waals surface area (Å²) in [6, 6.07) is 14.5. The highest BCUT2D eigenvalue weighted by molar-refractivity contribution is 9.10. The molecule has 0 spiro atoms. The van der Waals surface area contributed by atoms with E-state index in [4.69, 9.17) is 10.5 Å². The third-order valence-electron chi connectivity index (χ3n) is 6.04. The van der Waals surface area contributed by atoms with E-state index in [9.17, 15) is 5.26 Å². The number of anilines is 1. The molecule has 1 aromatic heterocycles. The Kier molecular flexibility index (Phi) is 6.29. The Morgan fingerprint density at radius 2 is 1.87 bits per heavy atom. The van der Waals surface area contributed by atoms with Crippen LogP contribution in [-0.2, 0) is 19.4 Å². The first kappa shape index (κ1) is 21.4. The average molecular weight is 476 g/mol. The minimum Gasteiger partial charge on any atom is -0.488 e. The number of aryl methyl sites for hydroxylation is 3. The van der Waals surface area contributed by atoms with Crippen LogP contribution >= 0.6 is 15.9 Å². The van der Waals surface area contributed by atoms with Crippen LogP contribution in [0.25, 0.3) is 11.1 Å². The molecule has 0 unspecified atom stereocenters. The summed E-state index contributed by atoms with van der Waals surface area (Å²) in [5.74, 6) is 1.15. The first-order valence-electron chi connectivity index (χ1n) is 10.7. The Morgan fingerprint density at radius 1 is 1.10 bits per heavy atom. The van der Waals surface area contributed by atoms with Crippen molar-refractivity contribution >= 4 is 21.7 Å². The van der Waals surface area contributed by atoms with Gasteiger partial charge < -0.3 is 10.5 Å². The van der Waals surface area contributed by atoms with Crippen molar-refractivity contribution in [3.63, 3.8) is 0 Å². The van der Waals surface area contributed by atoms with Gasteiger partial charge in [0.2, 0.25) is 0 Å². The van der Waals surface area contributed by atoms with Crippen LogP contribution in [0.2, 0.25) is 0 Å². The molecule has 1 aliphatic rings. The standard InChI is InChI=1S/C26H26BrN3O/c1-16-12-17(2)20(13-18(16)15-31-24-11-7-6-9-22(24)27)25-19-8-4-3-5-10-23(19)30-26(29)21(25)14-28/h6-7,9,11-13H,3-5,8,10,15H2,1-2H3,(H2,29,30). The number of para-hydroxylation sites is 1. The smallest absolute Gasteiger partial charge is 0.142 e. The molecule has 0 amide bonds. The molecule has 0 saturated carbocycles. The van der Waals surface area contributed by atoms with Gasteiger partial charge in [-0.3, -0.25) is 0 Å². The van der Waals surface area contributed by atoms with Gasteiger partial charge >= 0.3 is 0 Å². The van der Waals surface area contributed by atoms with Crippen LogP contribution in [0.3, 0.4) is 0 Å². The molecule has 0 saturated heterocycles. The Hall–Kier alpha value is -2.84. The van der Waals surface area contributed by atoms with Crippen molar-refractivity contribution in [1.82, 2.24) is 4.98 Å². The van der Waals surface area contributed by atoms with E-state index in [-0.39, 0.29) is 0 Å². The van der Waals surface area contributed by atoms with Crippen LogP contribution in [0.5, 0.6) is 5.75 Å². The van der Waals surface area contributed by atoms with Crippen LogP contribution in [0.4, 0.5) is 5.82 Å². The fraction of sp³-hybridized carbons (Fsp3) is 0.308. The number of rotatable bonds is 4. The zero-order valence-corrected chi connectivity index (χ0v) is 19.6. The predicted molar refractivity (Wildman–Crippen MR) is 128 cm³/mol. The Balaban J connectivity index is 1.82. The predicted octanol–water partition coefficient (Wildman–Crippen LogP) is 6.43. The van der Waals surface area contributed by atoms with E-state index in [1.165, 1.54) is 17.5 Å². The fourth-order valence-corrected chi connectivity index (χ4v) is 4.79. The zero-order valence-electron chi connectivity index (χ0n) is 18.0. The van der Waals surface area contributed by atoms with Gasteiger partial charge in [-0.25, -0.2) is 4.98 Å². The lowest BCUT2D eigenvalue weighted by atomic mass is 9.87. The lowest BCUT2D eigenvalue weighted by Crippen LogP contribution is -2.08. The molecule has 5 heteroatoms. The fourth-order valence-electron chi connectivity index (χ4n) is 4.39. The third kappa shape index (κ3) is 4.31. The zero-order chi connectivity index (χ0) is 22.0. The molecule has 0 fully saturated rings. The number of hydrogen-bond acceptors (Lipinski definition) is 4. The summed E-state index contributed by atoms with van der Waals surface area (Å²) in [6.45, 7) is 4.65. The second kappa shape index (κ2) is 9.11. The molecule has 31 heavy (non-hydrogen) atoms. The lowest BCUT2D eigenvalue weighted by molar-refractivity contribution is 0.303. The molecule has 0 aliphatic heterocycles. The normalized spacial score (nSPS) is 13.2. The highest BCUT2D eigenvalue weighted by atomic mass is 79.9. The number of benzene rings is 2. The van der Waals surface area contributed by atoms with E-state index in [2.05, 4.69) is 53.0 Å². The topological polar surface area (TPSA) is 71.9 Å². The summed E-state index contributed by atoms with van der Waals surface area (Å²) in [4.78, 5) is 4.61. The summed E-state index contributed by atoms with van der Waals surface area (Å²) in [5.41, 5.74) is 14.4. The molecule has 0 atom stereocenters. The summed E-state index contributed by atoms with van der Waals surface area (Å²) in [7, 11) is 0. The molecule has 3 aromatic rings. The van der Waals surface area contributed by atoms with Gasteiger partial charge in [-0.05, 0) is 101 Å². The maximum atomic E-state index is 9.93. The van der Waals surface area contributed by atoms with Gasteiger partial charge in [0.15, 0.2) is 0 Å². The highest BCUT2D eigenvalue weighted by Crippen LogP contribution is 2.38. The van der Waals surface area contributed by atoms with Crippen LogP contribution in [-0.4, -0.2) is 4.98 Å². The number of nitriles is 1. The maximum absolute atomic E-state index is 9.93. The summed E-state index contributed by atoms with van der Waals surface area (Å²) in [6.07, 6.45) is 5.25. The quantitative estimate of drug-likeness (QED) is 0.441. The van der Waals surface area contributed by atoms with Crippen molar-refractivity contribution < 1.29 is 4.74 Å². The molecule has 0 bridgehead atoms. The van der Waals surface area contributed by atoms with Gasteiger partial charge in [-0.15, -0.1) is 0 Å². The van der Waals surface area contributed by atoms with Crippen LogP contribution in [0.15, 0.2) is 40.9 Å². The van der Waals surface area contributed by atoms with Crippen LogP contribution in [0.1, 0.15) is 52.8 Å². The van der Waals surface area contributed by atoms with Crippen molar-refractivity contribution in [2.45, 2.75) is 52.6 Å². The van der Waals surface area contributed by atoms with E-state index in [1.54, 1.807) is 0 Å². The number of pyridine rings is 1. The van der Waals surface area contributed by atoms with Gasteiger partial charge in [-0.1, -0.05) is 24.6 Å². The van der Waals surface area contributed by atoms with Crippen molar-refractivity contribution in [2.75, 3.05) is 5.73 Å². The average Bonchev–Trinajstić information content (AvgIpc) is 2.98. The number of hydrogen-bond donors (Lipinski definition) is 1. The van der Waals surface area contributed by atoms with E-state index >= 15 is 0 Å². The molecule has 158 valence electrons. The monoisotopic (exact) mass is 475 g/mol. The SMILES string of the molecule is Cc1cc(C)c(-c2c(C#N)c(N)nc3c2CCCCC3)cc1COc1ccccc1Br.